The number of carbonyl (C=O) groups is 3. The quantitative estimate of drug-likeness (QED) is 0.810. The summed E-state index contributed by atoms with van der Waals surface area (Å²) in [5.74, 6) is 0.957. The van der Waals surface area contributed by atoms with Gasteiger partial charge in [0.25, 0.3) is 5.91 Å². The third-order valence-electron chi connectivity index (χ3n) is 6.15. The molecule has 162 valence electrons. The van der Waals surface area contributed by atoms with Gasteiger partial charge < -0.3 is 24.6 Å². The molecule has 0 saturated carbocycles. The minimum atomic E-state index is -0.326. The Hall–Kier alpha value is -2.77. The Kier molecular flexibility index (Phi) is 6.40. The molecular formula is C22H29N3O5. The van der Waals surface area contributed by atoms with Gasteiger partial charge in [0.1, 0.15) is 0 Å². The van der Waals surface area contributed by atoms with E-state index in [0.717, 1.165) is 25.9 Å². The lowest BCUT2D eigenvalue weighted by Crippen LogP contribution is -2.47. The second kappa shape index (κ2) is 9.36. The van der Waals surface area contributed by atoms with Crippen molar-refractivity contribution in [2.45, 2.75) is 38.5 Å². The van der Waals surface area contributed by atoms with Crippen LogP contribution in [0.2, 0.25) is 0 Å². The van der Waals surface area contributed by atoms with Crippen molar-refractivity contribution < 1.29 is 23.9 Å². The fourth-order valence-electron chi connectivity index (χ4n) is 4.33. The van der Waals surface area contributed by atoms with Crippen LogP contribution < -0.4 is 14.8 Å². The maximum absolute atomic E-state index is 12.8. The third kappa shape index (κ3) is 4.68. The highest BCUT2D eigenvalue weighted by Gasteiger charge is 2.30. The number of carbonyl (C=O) groups excluding carboxylic acids is 3. The zero-order chi connectivity index (χ0) is 20.9. The van der Waals surface area contributed by atoms with Crippen molar-refractivity contribution in [1.29, 1.82) is 0 Å². The molecule has 2 saturated heterocycles. The van der Waals surface area contributed by atoms with Gasteiger partial charge in [0.2, 0.25) is 18.6 Å². The summed E-state index contributed by atoms with van der Waals surface area (Å²) in [7, 11) is 0. The van der Waals surface area contributed by atoms with Crippen LogP contribution in [-0.4, -0.2) is 67.0 Å². The normalized spacial score (nSPS) is 19.3. The molecular weight excluding hydrogens is 386 g/mol. The first-order valence-electron chi connectivity index (χ1n) is 10.9. The minimum absolute atomic E-state index is 0.00961. The van der Waals surface area contributed by atoms with Gasteiger partial charge in [-0.1, -0.05) is 12.8 Å². The molecule has 0 unspecified atom stereocenters. The Balaban J connectivity index is 1.22. The molecule has 3 amide bonds. The average Bonchev–Trinajstić information content (AvgIpc) is 3.08. The average molecular weight is 415 g/mol. The molecule has 4 rings (SSSR count). The summed E-state index contributed by atoms with van der Waals surface area (Å²) < 4.78 is 10.5. The highest BCUT2D eigenvalue weighted by atomic mass is 16.7. The van der Waals surface area contributed by atoms with Crippen molar-refractivity contribution in [3.63, 3.8) is 0 Å². The van der Waals surface area contributed by atoms with E-state index in [1.54, 1.807) is 23.1 Å². The van der Waals surface area contributed by atoms with Gasteiger partial charge in [-0.25, -0.2) is 0 Å². The molecule has 0 bridgehead atoms. The molecule has 0 spiro atoms. The van der Waals surface area contributed by atoms with Crippen molar-refractivity contribution in [3.8, 4) is 11.5 Å². The van der Waals surface area contributed by atoms with Crippen LogP contribution >= 0.6 is 0 Å². The van der Waals surface area contributed by atoms with E-state index in [0.29, 0.717) is 43.0 Å². The SMILES string of the molecule is O=C(NCC(=O)N1CCC(C(=O)N2CCCCCC2)CC1)c1ccc2c(c1)OCO2. The van der Waals surface area contributed by atoms with Gasteiger partial charge >= 0.3 is 0 Å². The van der Waals surface area contributed by atoms with Crippen LogP contribution in [0.25, 0.3) is 0 Å². The van der Waals surface area contributed by atoms with E-state index in [2.05, 4.69) is 5.32 Å². The first-order chi connectivity index (χ1) is 14.6. The molecule has 1 N–H and O–H groups in total. The minimum Gasteiger partial charge on any atom is -0.454 e. The van der Waals surface area contributed by atoms with Crippen molar-refractivity contribution >= 4 is 17.7 Å². The Morgan fingerprint density at radius 1 is 0.900 bits per heavy atom. The van der Waals surface area contributed by atoms with Crippen LogP contribution in [0.4, 0.5) is 0 Å². The molecule has 0 radical (unpaired) electrons. The maximum Gasteiger partial charge on any atom is 0.251 e. The fraction of sp³-hybridized carbons (Fsp3) is 0.591. The van der Waals surface area contributed by atoms with E-state index in [-0.39, 0.29) is 37.0 Å². The predicted molar refractivity (Wildman–Crippen MR) is 109 cm³/mol. The number of ether oxygens (including phenoxy) is 2. The van der Waals surface area contributed by atoms with Crippen LogP contribution in [0.1, 0.15) is 48.9 Å². The topological polar surface area (TPSA) is 88.2 Å². The number of hydrogen-bond acceptors (Lipinski definition) is 5. The van der Waals surface area contributed by atoms with Crippen molar-refractivity contribution in [1.82, 2.24) is 15.1 Å². The zero-order valence-electron chi connectivity index (χ0n) is 17.2. The van der Waals surface area contributed by atoms with Gasteiger partial charge in [-0.15, -0.1) is 0 Å². The summed E-state index contributed by atoms with van der Waals surface area (Å²) in [5.41, 5.74) is 0.425. The van der Waals surface area contributed by atoms with Gasteiger partial charge in [-0.2, -0.15) is 0 Å². The van der Waals surface area contributed by atoms with Crippen molar-refractivity contribution in [2.75, 3.05) is 39.5 Å². The predicted octanol–water partition coefficient (Wildman–Crippen LogP) is 1.79. The second-order valence-corrected chi connectivity index (χ2v) is 8.15. The van der Waals surface area contributed by atoms with Gasteiger partial charge in [0.05, 0.1) is 6.54 Å². The van der Waals surface area contributed by atoms with Crippen molar-refractivity contribution in [2.24, 2.45) is 5.92 Å². The number of benzene rings is 1. The number of hydrogen-bond donors (Lipinski definition) is 1. The van der Waals surface area contributed by atoms with Crippen molar-refractivity contribution in [3.05, 3.63) is 23.8 Å². The lowest BCUT2D eigenvalue weighted by Gasteiger charge is -2.34. The molecule has 3 aliphatic heterocycles. The molecule has 0 atom stereocenters. The Labute approximate surface area is 176 Å². The van der Waals surface area contributed by atoms with Crippen LogP contribution in [0.3, 0.4) is 0 Å². The van der Waals surface area contributed by atoms with Gasteiger partial charge in [-0.3, -0.25) is 14.4 Å². The zero-order valence-corrected chi connectivity index (χ0v) is 17.2. The lowest BCUT2D eigenvalue weighted by molar-refractivity contribution is -0.140. The molecule has 30 heavy (non-hydrogen) atoms. The Morgan fingerprint density at radius 2 is 1.60 bits per heavy atom. The van der Waals surface area contributed by atoms with Gasteiger partial charge in [-0.05, 0) is 43.9 Å². The molecule has 1 aromatic carbocycles. The number of piperidine rings is 1. The fourth-order valence-corrected chi connectivity index (χ4v) is 4.33. The number of likely N-dealkylation sites (tertiary alicyclic amines) is 2. The summed E-state index contributed by atoms with van der Waals surface area (Å²) in [6.45, 7) is 2.94. The van der Waals surface area contributed by atoms with E-state index >= 15 is 0 Å². The van der Waals surface area contributed by atoms with E-state index in [1.807, 2.05) is 4.90 Å². The number of rotatable bonds is 4. The van der Waals surface area contributed by atoms with Gasteiger partial charge in [0, 0.05) is 37.7 Å². The monoisotopic (exact) mass is 415 g/mol. The first kappa shape index (κ1) is 20.5. The molecule has 3 aliphatic rings. The van der Waals surface area contributed by atoms with Crippen LogP contribution in [0.15, 0.2) is 18.2 Å². The van der Waals surface area contributed by atoms with Crippen LogP contribution in [-0.2, 0) is 9.59 Å². The highest BCUT2D eigenvalue weighted by Crippen LogP contribution is 2.32. The molecule has 8 heteroatoms. The molecule has 1 aromatic rings. The third-order valence-corrected chi connectivity index (χ3v) is 6.15. The van der Waals surface area contributed by atoms with Crippen LogP contribution in [0.5, 0.6) is 11.5 Å². The Bertz CT molecular complexity index is 796. The van der Waals surface area contributed by atoms with Gasteiger partial charge in [0.15, 0.2) is 11.5 Å². The van der Waals surface area contributed by atoms with E-state index in [4.69, 9.17) is 9.47 Å². The van der Waals surface area contributed by atoms with Crippen LogP contribution in [0, 0.1) is 5.92 Å². The molecule has 0 aliphatic carbocycles. The second-order valence-electron chi connectivity index (χ2n) is 8.15. The summed E-state index contributed by atoms with van der Waals surface area (Å²) in [4.78, 5) is 41.4. The smallest absolute Gasteiger partial charge is 0.251 e. The molecule has 2 fully saturated rings. The first-order valence-corrected chi connectivity index (χ1v) is 10.9. The standard InChI is InChI=1S/C22H29N3O5/c26-20(14-23-21(27)17-5-6-18-19(13-17)30-15-29-18)24-11-7-16(8-12-24)22(28)25-9-3-1-2-4-10-25/h5-6,13,16H,1-4,7-12,14-15H2,(H,23,27). The summed E-state index contributed by atoms with van der Waals surface area (Å²) in [5, 5.41) is 2.68. The largest absolute Gasteiger partial charge is 0.454 e. The number of nitrogens with one attached hydrogen (secondary N) is 1. The molecule has 3 heterocycles. The number of nitrogens with zero attached hydrogens (tertiary/aromatic N) is 2. The van der Waals surface area contributed by atoms with E-state index in [9.17, 15) is 14.4 Å². The molecule has 0 aromatic heterocycles. The highest BCUT2D eigenvalue weighted by molar-refractivity contribution is 5.97. The number of fused-ring (bicyclic) bond motifs is 1. The molecule has 8 nitrogen and oxygen atoms in total. The van der Waals surface area contributed by atoms with E-state index < -0.39 is 0 Å². The summed E-state index contributed by atoms with van der Waals surface area (Å²) in [6, 6.07) is 4.94. The summed E-state index contributed by atoms with van der Waals surface area (Å²) >= 11 is 0. The number of amides is 3. The lowest BCUT2D eigenvalue weighted by atomic mass is 9.95. The summed E-state index contributed by atoms with van der Waals surface area (Å²) in [6.07, 6.45) is 5.97. The Morgan fingerprint density at radius 3 is 2.33 bits per heavy atom. The van der Waals surface area contributed by atoms with E-state index in [1.165, 1.54) is 12.8 Å². The maximum atomic E-state index is 12.8.